The Hall–Kier alpha value is -1.39. The van der Waals surface area contributed by atoms with Gasteiger partial charge in [0.15, 0.2) is 0 Å². The molecule has 1 aromatic rings. The number of carbonyl (C=O) groups excluding carboxylic acids is 1. The summed E-state index contributed by atoms with van der Waals surface area (Å²) in [6.45, 7) is 8.04. The summed E-state index contributed by atoms with van der Waals surface area (Å²) >= 11 is 0. The lowest BCUT2D eigenvalue weighted by atomic mass is 10.00. The van der Waals surface area contributed by atoms with Crippen molar-refractivity contribution in [3.05, 3.63) is 35.4 Å². The number of hydrogen-bond donors (Lipinski definition) is 2. The topological polar surface area (TPSA) is 58.4 Å². The largest absolute Gasteiger partial charge is 0.355 e. The second-order valence-corrected chi connectivity index (χ2v) is 6.68. The molecule has 1 amide bonds. The molecule has 1 atom stereocenters. The Labute approximate surface area is 134 Å². The van der Waals surface area contributed by atoms with Gasteiger partial charge in [-0.3, -0.25) is 9.69 Å². The van der Waals surface area contributed by atoms with E-state index in [0.29, 0.717) is 12.5 Å². The molecule has 4 heteroatoms. The molecule has 0 spiro atoms. The number of carbonyl (C=O) groups is 1. The third kappa shape index (κ3) is 5.11. The van der Waals surface area contributed by atoms with E-state index in [2.05, 4.69) is 48.3 Å². The van der Waals surface area contributed by atoms with Crippen molar-refractivity contribution in [3.8, 4) is 0 Å². The van der Waals surface area contributed by atoms with Crippen LogP contribution in [0.3, 0.4) is 0 Å². The maximum atomic E-state index is 11.8. The van der Waals surface area contributed by atoms with Crippen LogP contribution in [0.2, 0.25) is 0 Å². The molecule has 1 heterocycles. The van der Waals surface area contributed by atoms with Crippen molar-refractivity contribution in [2.75, 3.05) is 19.6 Å². The highest BCUT2D eigenvalue weighted by atomic mass is 16.2. The van der Waals surface area contributed by atoms with Gasteiger partial charge in [0.2, 0.25) is 5.91 Å². The Kier molecular flexibility index (Phi) is 6.40. The minimum atomic E-state index is -0.373. The lowest BCUT2D eigenvalue weighted by molar-refractivity contribution is -0.122. The lowest BCUT2D eigenvalue weighted by Crippen LogP contribution is -2.42. The van der Waals surface area contributed by atoms with Crippen molar-refractivity contribution in [2.45, 2.75) is 45.7 Å². The van der Waals surface area contributed by atoms with Crippen LogP contribution in [0.1, 0.15) is 37.8 Å². The van der Waals surface area contributed by atoms with Gasteiger partial charge in [-0.25, -0.2) is 0 Å². The quantitative estimate of drug-likeness (QED) is 0.757. The second kappa shape index (κ2) is 8.30. The molecule has 0 aromatic heterocycles. The van der Waals surface area contributed by atoms with Crippen LogP contribution in [-0.4, -0.2) is 36.5 Å². The van der Waals surface area contributed by atoms with E-state index in [1.807, 2.05) is 0 Å². The fraction of sp³-hybridized carbons (Fsp3) is 0.611. The fourth-order valence-electron chi connectivity index (χ4n) is 3.01. The van der Waals surface area contributed by atoms with Crippen molar-refractivity contribution in [2.24, 2.45) is 11.7 Å². The lowest BCUT2D eigenvalue weighted by Gasteiger charge is -2.28. The van der Waals surface area contributed by atoms with Crippen molar-refractivity contribution in [1.29, 1.82) is 0 Å². The Balaban J connectivity index is 1.65. The average Bonchev–Trinajstić information content (AvgIpc) is 2.50. The molecule has 0 radical (unpaired) electrons. The van der Waals surface area contributed by atoms with Gasteiger partial charge in [-0.2, -0.15) is 0 Å². The van der Waals surface area contributed by atoms with Crippen molar-refractivity contribution in [1.82, 2.24) is 10.2 Å². The summed E-state index contributed by atoms with van der Waals surface area (Å²) in [5.74, 6) is 0.437. The first-order valence-electron chi connectivity index (χ1n) is 8.38. The zero-order valence-corrected chi connectivity index (χ0v) is 13.8. The molecule has 2 rings (SSSR count). The van der Waals surface area contributed by atoms with Crippen LogP contribution in [0, 0.1) is 5.92 Å². The molecule has 0 aliphatic carbocycles. The van der Waals surface area contributed by atoms with Crippen LogP contribution in [0.25, 0.3) is 0 Å². The van der Waals surface area contributed by atoms with Crippen molar-refractivity contribution in [3.63, 3.8) is 0 Å². The molecular weight excluding hydrogens is 274 g/mol. The third-order valence-electron chi connectivity index (χ3n) is 4.22. The van der Waals surface area contributed by atoms with Gasteiger partial charge in [0, 0.05) is 26.2 Å². The van der Waals surface area contributed by atoms with E-state index >= 15 is 0 Å². The molecule has 22 heavy (non-hydrogen) atoms. The van der Waals surface area contributed by atoms with Gasteiger partial charge >= 0.3 is 0 Å². The second-order valence-electron chi connectivity index (χ2n) is 6.68. The average molecular weight is 303 g/mol. The Bertz CT molecular complexity index is 487. The van der Waals surface area contributed by atoms with Crippen molar-refractivity contribution < 1.29 is 4.79 Å². The molecule has 0 saturated heterocycles. The van der Waals surface area contributed by atoms with Gasteiger partial charge in [0.25, 0.3) is 0 Å². The first kappa shape index (κ1) is 17.0. The number of rotatable bonds is 7. The van der Waals surface area contributed by atoms with Gasteiger partial charge in [-0.05, 0) is 36.3 Å². The van der Waals surface area contributed by atoms with Gasteiger partial charge in [0.1, 0.15) is 0 Å². The third-order valence-corrected chi connectivity index (χ3v) is 4.22. The highest BCUT2D eigenvalue weighted by Crippen LogP contribution is 2.18. The van der Waals surface area contributed by atoms with E-state index in [0.717, 1.165) is 38.9 Å². The van der Waals surface area contributed by atoms with Crippen LogP contribution >= 0.6 is 0 Å². The molecule has 1 aliphatic heterocycles. The molecule has 1 aromatic carbocycles. The highest BCUT2D eigenvalue weighted by Gasteiger charge is 2.16. The molecule has 4 nitrogen and oxygen atoms in total. The normalized spacial score (nSPS) is 16.4. The number of amides is 1. The molecule has 3 N–H and O–H groups in total. The van der Waals surface area contributed by atoms with Crippen LogP contribution < -0.4 is 11.1 Å². The number of nitrogens with one attached hydrogen (secondary N) is 1. The Morgan fingerprint density at radius 1 is 1.32 bits per heavy atom. The smallest absolute Gasteiger partial charge is 0.236 e. The molecule has 122 valence electrons. The number of nitrogens with zero attached hydrogens (tertiary/aromatic N) is 1. The number of fused-ring (bicyclic) bond motifs is 1. The summed E-state index contributed by atoms with van der Waals surface area (Å²) in [6, 6.07) is 8.29. The van der Waals surface area contributed by atoms with Gasteiger partial charge in [-0.1, -0.05) is 38.1 Å². The van der Waals surface area contributed by atoms with Gasteiger partial charge in [-0.15, -0.1) is 0 Å². The van der Waals surface area contributed by atoms with E-state index < -0.39 is 0 Å². The summed E-state index contributed by atoms with van der Waals surface area (Å²) < 4.78 is 0. The maximum Gasteiger partial charge on any atom is 0.236 e. The van der Waals surface area contributed by atoms with Crippen LogP contribution in [0.5, 0.6) is 0 Å². The summed E-state index contributed by atoms with van der Waals surface area (Å²) in [6.07, 6.45) is 2.85. The van der Waals surface area contributed by atoms with E-state index in [-0.39, 0.29) is 11.9 Å². The van der Waals surface area contributed by atoms with Gasteiger partial charge in [0.05, 0.1) is 6.04 Å². The number of benzene rings is 1. The zero-order chi connectivity index (χ0) is 15.9. The molecule has 0 unspecified atom stereocenters. The summed E-state index contributed by atoms with van der Waals surface area (Å²) in [5, 5.41) is 2.96. The first-order chi connectivity index (χ1) is 10.6. The monoisotopic (exact) mass is 303 g/mol. The minimum Gasteiger partial charge on any atom is -0.355 e. The fourth-order valence-corrected chi connectivity index (χ4v) is 3.01. The van der Waals surface area contributed by atoms with E-state index in [9.17, 15) is 4.79 Å². The number of hydrogen-bond acceptors (Lipinski definition) is 3. The summed E-state index contributed by atoms with van der Waals surface area (Å²) in [7, 11) is 0. The predicted molar refractivity (Wildman–Crippen MR) is 90.5 cm³/mol. The Morgan fingerprint density at radius 2 is 2.05 bits per heavy atom. The SMILES string of the molecule is CC(C)C[C@H](N)C(=O)NCCCN1CCc2ccccc2C1. The van der Waals surface area contributed by atoms with E-state index in [1.54, 1.807) is 0 Å². The van der Waals surface area contributed by atoms with Gasteiger partial charge < -0.3 is 11.1 Å². The Morgan fingerprint density at radius 3 is 2.77 bits per heavy atom. The van der Waals surface area contributed by atoms with E-state index in [4.69, 9.17) is 5.73 Å². The number of nitrogens with two attached hydrogens (primary N) is 1. The molecule has 0 bridgehead atoms. The maximum absolute atomic E-state index is 11.8. The minimum absolute atomic E-state index is 0.0160. The van der Waals surface area contributed by atoms with Crippen LogP contribution in [0.15, 0.2) is 24.3 Å². The first-order valence-corrected chi connectivity index (χ1v) is 8.38. The highest BCUT2D eigenvalue weighted by molar-refractivity contribution is 5.81. The van der Waals surface area contributed by atoms with Crippen LogP contribution in [0.4, 0.5) is 0 Å². The van der Waals surface area contributed by atoms with Crippen molar-refractivity contribution >= 4 is 5.91 Å². The molecular formula is C18H29N3O. The van der Waals surface area contributed by atoms with Crippen LogP contribution in [-0.2, 0) is 17.8 Å². The molecule has 1 aliphatic rings. The predicted octanol–water partition coefficient (Wildman–Crippen LogP) is 1.92. The molecule has 0 fully saturated rings. The summed E-state index contributed by atoms with van der Waals surface area (Å²) in [5.41, 5.74) is 8.79. The standard InChI is InChI=1S/C18H29N3O/c1-14(2)12-17(19)18(22)20-9-5-10-21-11-8-15-6-3-4-7-16(15)13-21/h3-4,6-7,14,17H,5,8-13,19H2,1-2H3,(H,20,22)/t17-/m0/s1. The zero-order valence-electron chi connectivity index (χ0n) is 13.8. The van der Waals surface area contributed by atoms with E-state index in [1.165, 1.54) is 11.1 Å². The molecule has 0 saturated carbocycles. The summed E-state index contributed by atoms with van der Waals surface area (Å²) in [4.78, 5) is 14.3.